The molecular weight excluding hydrogens is 354 g/mol. The number of carboxylic acids is 1. The molecule has 0 spiro atoms. The average molecular weight is 381 g/mol. The van der Waals surface area contributed by atoms with E-state index < -0.39 is 5.97 Å². The van der Waals surface area contributed by atoms with E-state index in [4.69, 9.17) is 30.0 Å². The van der Waals surface area contributed by atoms with Crippen LogP contribution in [0.4, 0.5) is 0 Å². The van der Waals surface area contributed by atoms with Crippen LogP contribution in [0.3, 0.4) is 0 Å². The minimum atomic E-state index is -1.04. The van der Waals surface area contributed by atoms with Crippen LogP contribution in [0.1, 0.15) is 0 Å². The molecule has 5 N–H and O–H groups in total. The maximum Gasteiger partial charge on any atom is 0.329 e. The lowest BCUT2D eigenvalue weighted by Gasteiger charge is -2.08. The molecular formula is C14H27N3O9. The van der Waals surface area contributed by atoms with Crippen molar-refractivity contribution in [2.75, 3.05) is 72.6 Å². The van der Waals surface area contributed by atoms with Crippen molar-refractivity contribution in [3.8, 4) is 0 Å². The molecule has 26 heavy (non-hydrogen) atoms. The smallest absolute Gasteiger partial charge is 0.329 e. The third-order valence-electron chi connectivity index (χ3n) is 2.55. The highest BCUT2D eigenvalue weighted by atomic mass is 16.6. The molecule has 152 valence electrons. The van der Waals surface area contributed by atoms with E-state index in [0.29, 0.717) is 19.7 Å². The summed E-state index contributed by atoms with van der Waals surface area (Å²) in [5, 5.41) is 13.5. The van der Waals surface area contributed by atoms with Crippen molar-refractivity contribution in [3.63, 3.8) is 0 Å². The Bertz CT molecular complexity index is 396. The first kappa shape index (κ1) is 24.2. The highest BCUT2D eigenvalue weighted by molar-refractivity contribution is 5.77. The molecule has 0 fully saturated rings. The van der Waals surface area contributed by atoms with Crippen molar-refractivity contribution in [1.29, 1.82) is 0 Å². The quantitative estimate of drug-likeness (QED) is 0.144. The van der Waals surface area contributed by atoms with E-state index in [-0.39, 0.29) is 64.7 Å². The van der Waals surface area contributed by atoms with Crippen LogP contribution in [-0.2, 0) is 38.2 Å². The van der Waals surface area contributed by atoms with Gasteiger partial charge in [-0.2, -0.15) is 0 Å². The molecule has 0 aromatic rings. The molecule has 0 aromatic heterocycles. The number of nitrogens with one attached hydrogen (secondary N) is 2. The van der Waals surface area contributed by atoms with Gasteiger partial charge in [-0.25, -0.2) is 10.7 Å². The zero-order chi connectivity index (χ0) is 19.5. The molecule has 0 rings (SSSR count). The molecule has 0 saturated carbocycles. The lowest BCUT2D eigenvalue weighted by atomic mass is 10.5. The van der Waals surface area contributed by atoms with Crippen LogP contribution in [0.15, 0.2) is 0 Å². The Morgan fingerprint density at radius 2 is 1.15 bits per heavy atom. The molecule has 0 bridgehead atoms. The Balaban J connectivity index is 3.24. The van der Waals surface area contributed by atoms with Gasteiger partial charge in [0.15, 0.2) is 0 Å². The predicted molar refractivity (Wildman–Crippen MR) is 87.1 cm³/mol. The van der Waals surface area contributed by atoms with Crippen molar-refractivity contribution in [3.05, 3.63) is 0 Å². The Kier molecular flexibility index (Phi) is 16.7. The fourth-order valence-corrected chi connectivity index (χ4v) is 1.47. The van der Waals surface area contributed by atoms with Crippen LogP contribution in [0.5, 0.6) is 0 Å². The van der Waals surface area contributed by atoms with Crippen LogP contribution >= 0.6 is 0 Å². The van der Waals surface area contributed by atoms with E-state index in [1.807, 2.05) is 0 Å². The molecule has 0 unspecified atom stereocenters. The van der Waals surface area contributed by atoms with Crippen LogP contribution in [-0.4, -0.2) is 95.4 Å². The SMILES string of the molecule is NOCC(=O)NCCOCCOCC(=O)NCCOCCOCC(=O)O. The van der Waals surface area contributed by atoms with Gasteiger partial charge in [0.2, 0.25) is 11.8 Å². The van der Waals surface area contributed by atoms with E-state index >= 15 is 0 Å². The molecule has 12 nitrogen and oxygen atoms in total. The summed E-state index contributed by atoms with van der Waals surface area (Å²) in [6, 6.07) is 0. The van der Waals surface area contributed by atoms with Gasteiger partial charge < -0.3 is 34.7 Å². The lowest BCUT2D eigenvalue weighted by molar-refractivity contribution is -0.142. The zero-order valence-corrected chi connectivity index (χ0v) is 14.6. The molecule has 2 amide bonds. The van der Waals surface area contributed by atoms with Gasteiger partial charge in [-0.1, -0.05) is 0 Å². The van der Waals surface area contributed by atoms with Crippen LogP contribution in [0.25, 0.3) is 0 Å². The van der Waals surface area contributed by atoms with Crippen molar-refractivity contribution >= 4 is 17.8 Å². The first-order valence-corrected chi connectivity index (χ1v) is 7.94. The van der Waals surface area contributed by atoms with Crippen molar-refractivity contribution in [2.45, 2.75) is 0 Å². The summed E-state index contributed by atoms with van der Waals surface area (Å²) in [6.07, 6.45) is 0. The standard InChI is InChI=1S/C14H27N3O9/c15-26-10-13(19)17-2-4-22-5-7-24-9-12(18)16-1-3-23-6-8-25-11-14(20)21/h1-11,15H2,(H,16,18)(H,17,19)(H,20,21). The second kappa shape index (κ2) is 18.0. The molecule has 0 heterocycles. The number of amides is 2. The summed E-state index contributed by atoms with van der Waals surface area (Å²) >= 11 is 0. The summed E-state index contributed by atoms with van der Waals surface area (Å²) in [6.45, 7) is 1.50. The molecule has 0 aromatic carbocycles. The monoisotopic (exact) mass is 381 g/mol. The average Bonchev–Trinajstić information content (AvgIpc) is 2.59. The van der Waals surface area contributed by atoms with Gasteiger partial charge in [0.05, 0.1) is 39.6 Å². The molecule has 0 aliphatic carbocycles. The maximum absolute atomic E-state index is 11.4. The van der Waals surface area contributed by atoms with E-state index in [0.717, 1.165) is 0 Å². The number of carboxylic acid groups (broad SMARTS) is 1. The number of carbonyl (C=O) groups excluding carboxylic acids is 2. The first-order valence-electron chi connectivity index (χ1n) is 7.94. The van der Waals surface area contributed by atoms with Crippen molar-refractivity contribution in [1.82, 2.24) is 10.6 Å². The van der Waals surface area contributed by atoms with Crippen molar-refractivity contribution < 1.29 is 43.3 Å². The minimum absolute atomic E-state index is 0.102. The molecule has 0 radical (unpaired) electrons. The number of ether oxygens (including phenoxy) is 4. The Hall–Kier alpha value is -1.83. The fourth-order valence-electron chi connectivity index (χ4n) is 1.47. The third-order valence-corrected chi connectivity index (χ3v) is 2.55. The first-order chi connectivity index (χ1) is 12.6. The summed E-state index contributed by atoms with van der Waals surface area (Å²) < 4.78 is 20.2. The minimum Gasteiger partial charge on any atom is -0.480 e. The number of hydrogen-bond donors (Lipinski definition) is 4. The molecule has 0 aliphatic rings. The number of rotatable bonds is 18. The number of hydrogen-bond acceptors (Lipinski definition) is 9. The van der Waals surface area contributed by atoms with Gasteiger partial charge in [-0.3, -0.25) is 14.4 Å². The second-order valence-corrected chi connectivity index (χ2v) is 4.73. The number of nitrogens with two attached hydrogens (primary N) is 1. The largest absolute Gasteiger partial charge is 0.480 e. The van der Waals surface area contributed by atoms with E-state index in [1.54, 1.807) is 0 Å². The van der Waals surface area contributed by atoms with Gasteiger partial charge in [0.25, 0.3) is 0 Å². The predicted octanol–water partition coefficient (Wildman–Crippen LogP) is -2.74. The van der Waals surface area contributed by atoms with Crippen LogP contribution < -0.4 is 16.5 Å². The zero-order valence-electron chi connectivity index (χ0n) is 14.6. The Labute approximate surface area is 151 Å². The molecule has 0 aliphatic heterocycles. The topological polar surface area (TPSA) is 168 Å². The van der Waals surface area contributed by atoms with Gasteiger partial charge >= 0.3 is 5.97 Å². The van der Waals surface area contributed by atoms with Crippen LogP contribution in [0.2, 0.25) is 0 Å². The van der Waals surface area contributed by atoms with Crippen molar-refractivity contribution in [2.24, 2.45) is 5.90 Å². The number of carbonyl (C=O) groups is 3. The van der Waals surface area contributed by atoms with Gasteiger partial charge in [-0.05, 0) is 0 Å². The highest BCUT2D eigenvalue weighted by Crippen LogP contribution is 1.81. The Morgan fingerprint density at radius 3 is 1.65 bits per heavy atom. The third kappa shape index (κ3) is 18.5. The molecule has 12 heteroatoms. The fraction of sp³-hybridized carbons (Fsp3) is 0.786. The summed E-state index contributed by atoms with van der Waals surface area (Å²) in [5.74, 6) is 3.08. The van der Waals surface area contributed by atoms with Gasteiger partial charge in [0, 0.05) is 13.1 Å². The summed E-state index contributed by atoms with van der Waals surface area (Å²) in [4.78, 5) is 36.7. The van der Waals surface area contributed by atoms with E-state index in [2.05, 4.69) is 15.5 Å². The molecule has 0 atom stereocenters. The molecule has 0 saturated heterocycles. The van der Waals surface area contributed by atoms with E-state index in [1.165, 1.54) is 0 Å². The van der Waals surface area contributed by atoms with Gasteiger partial charge in [0.1, 0.15) is 19.8 Å². The summed E-state index contributed by atoms with van der Waals surface area (Å²) in [7, 11) is 0. The number of aliphatic carboxylic acids is 1. The van der Waals surface area contributed by atoms with E-state index in [9.17, 15) is 14.4 Å². The summed E-state index contributed by atoms with van der Waals surface area (Å²) in [5.41, 5.74) is 0. The second-order valence-electron chi connectivity index (χ2n) is 4.73. The van der Waals surface area contributed by atoms with Gasteiger partial charge in [-0.15, -0.1) is 0 Å². The normalized spacial score (nSPS) is 10.5. The maximum atomic E-state index is 11.4. The van der Waals surface area contributed by atoms with Crippen LogP contribution in [0, 0.1) is 0 Å². The highest BCUT2D eigenvalue weighted by Gasteiger charge is 2.02. The lowest BCUT2D eigenvalue weighted by Crippen LogP contribution is -2.32. The Morgan fingerprint density at radius 1 is 0.692 bits per heavy atom.